The zero-order valence-corrected chi connectivity index (χ0v) is 12.8. The maximum absolute atomic E-state index is 11.9. The summed E-state index contributed by atoms with van der Waals surface area (Å²) < 4.78 is 5.41. The Morgan fingerprint density at radius 3 is 2.77 bits per heavy atom. The van der Waals surface area contributed by atoms with Gasteiger partial charge in [-0.3, -0.25) is 4.79 Å². The number of nitrogens with zero attached hydrogens (tertiary/aromatic N) is 1. The lowest BCUT2D eigenvalue weighted by atomic mass is 9.89. The average molecular weight is 328 g/mol. The van der Waals surface area contributed by atoms with Crippen LogP contribution < -0.4 is 5.43 Å². The van der Waals surface area contributed by atoms with Crippen molar-refractivity contribution in [2.45, 2.75) is 18.4 Å². The van der Waals surface area contributed by atoms with E-state index < -0.39 is 0 Å². The van der Waals surface area contributed by atoms with Gasteiger partial charge < -0.3 is 24.6 Å². The number of aliphatic hydroxyl groups is 1. The Balaban J connectivity index is 0.00000176. The molecular formula is C15H18ClNO5. The van der Waals surface area contributed by atoms with Gasteiger partial charge in [-0.2, -0.15) is 0 Å². The lowest BCUT2D eigenvalue weighted by Crippen LogP contribution is -2.32. The third-order valence-electron chi connectivity index (χ3n) is 4.31. The van der Waals surface area contributed by atoms with Crippen molar-refractivity contribution in [3.8, 4) is 11.5 Å². The highest BCUT2D eigenvalue weighted by molar-refractivity contribution is 5.88. The van der Waals surface area contributed by atoms with Crippen molar-refractivity contribution in [1.29, 1.82) is 0 Å². The van der Waals surface area contributed by atoms with Crippen molar-refractivity contribution in [2.24, 2.45) is 0 Å². The van der Waals surface area contributed by atoms with Crippen LogP contribution >= 0.6 is 12.4 Å². The Morgan fingerprint density at radius 1 is 1.36 bits per heavy atom. The van der Waals surface area contributed by atoms with Crippen molar-refractivity contribution in [3.05, 3.63) is 34.2 Å². The van der Waals surface area contributed by atoms with E-state index in [-0.39, 0.29) is 58.9 Å². The molecule has 3 rings (SSSR count). The van der Waals surface area contributed by atoms with E-state index >= 15 is 0 Å². The van der Waals surface area contributed by atoms with Gasteiger partial charge in [-0.05, 0) is 20.0 Å². The molecule has 0 saturated carbocycles. The van der Waals surface area contributed by atoms with Crippen LogP contribution in [-0.2, 0) is 0 Å². The minimum atomic E-state index is -0.359. The summed E-state index contributed by atoms with van der Waals surface area (Å²) in [5.41, 5.74) is 0.310. The standard InChI is InChI=1S/C15H17NO5.ClH/c1-16-4-2-8(9(16)7-17)13-11(19)6-12(20)14-10(18)3-5-21-15(13)14;/h3,5-6,8-9,17,19-20H,2,4,7H2,1H3;1H. The van der Waals surface area contributed by atoms with Crippen LogP contribution in [0.25, 0.3) is 11.0 Å². The number of phenolic OH excluding ortho intramolecular Hbond substituents is 2. The minimum absolute atomic E-state index is 0. The second-order valence-corrected chi connectivity index (χ2v) is 5.44. The Hall–Kier alpha value is -1.76. The minimum Gasteiger partial charge on any atom is -0.507 e. The Labute approximate surface area is 133 Å². The van der Waals surface area contributed by atoms with Crippen molar-refractivity contribution in [3.63, 3.8) is 0 Å². The van der Waals surface area contributed by atoms with Gasteiger partial charge in [0.1, 0.15) is 22.5 Å². The molecular weight excluding hydrogens is 310 g/mol. The highest BCUT2D eigenvalue weighted by atomic mass is 35.5. The van der Waals surface area contributed by atoms with E-state index in [0.717, 1.165) is 13.0 Å². The first-order valence-electron chi connectivity index (χ1n) is 6.82. The molecule has 1 aromatic carbocycles. The van der Waals surface area contributed by atoms with E-state index in [1.165, 1.54) is 18.4 Å². The Kier molecular flexibility index (Phi) is 4.65. The molecule has 0 radical (unpaired) electrons. The maximum Gasteiger partial charge on any atom is 0.196 e. The number of likely N-dealkylation sites (N-methyl/N-ethyl adjacent to an activating group) is 1. The van der Waals surface area contributed by atoms with Gasteiger partial charge in [0.05, 0.1) is 12.9 Å². The lowest BCUT2D eigenvalue weighted by molar-refractivity contribution is 0.172. The molecule has 1 aliphatic heterocycles. The van der Waals surface area contributed by atoms with E-state index in [1.807, 2.05) is 11.9 Å². The molecule has 22 heavy (non-hydrogen) atoms. The fraction of sp³-hybridized carbons (Fsp3) is 0.400. The largest absolute Gasteiger partial charge is 0.507 e. The fourth-order valence-corrected chi connectivity index (χ4v) is 3.22. The van der Waals surface area contributed by atoms with Crippen LogP contribution in [0.2, 0.25) is 0 Å². The number of likely N-dealkylation sites (tertiary alicyclic amines) is 1. The van der Waals surface area contributed by atoms with E-state index in [1.54, 1.807) is 0 Å². The third-order valence-corrected chi connectivity index (χ3v) is 4.31. The topological polar surface area (TPSA) is 94.1 Å². The van der Waals surface area contributed by atoms with E-state index in [0.29, 0.717) is 5.56 Å². The fourth-order valence-electron chi connectivity index (χ4n) is 3.22. The third kappa shape index (κ3) is 2.43. The predicted molar refractivity (Wildman–Crippen MR) is 83.9 cm³/mol. The van der Waals surface area contributed by atoms with Crippen LogP contribution in [0.15, 0.2) is 27.6 Å². The van der Waals surface area contributed by atoms with Crippen LogP contribution in [0.1, 0.15) is 17.9 Å². The smallest absolute Gasteiger partial charge is 0.196 e. The van der Waals surface area contributed by atoms with Crippen molar-refractivity contribution >= 4 is 23.4 Å². The summed E-state index contributed by atoms with van der Waals surface area (Å²) in [6.07, 6.45) is 1.98. The summed E-state index contributed by atoms with van der Waals surface area (Å²) in [6, 6.07) is 2.24. The number of aromatic hydroxyl groups is 2. The van der Waals surface area contributed by atoms with Crippen LogP contribution in [0, 0.1) is 0 Å². The van der Waals surface area contributed by atoms with Gasteiger partial charge in [-0.15, -0.1) is 12.4 Å². The van der Waals surface area contributed by atoms with E-state index in [9.17, 15) is 20.1 Å². The van der Waals surface area contributed by atoms with E-state index in [2.05, 4.69) is 0 Å². The SMILES string of the molecule is CN1CCC(c2c(O)cc(O)c3c(=O)ccoc23)C1CO.Cl. The molecule has 2 aromatic rings. The quantitative estimate of drug-likeness (QED) is 0.772. The number of hydrogen-bond donors (Lipinski definition) is 3. The number of hydrogen-bond acceptors (Lipinski definition) is 6. The summed E-state index contributed by atoms with van der Waals surface area (Å²) in [6.45, 7) is 0.717. The first kappa shape index (κ1) is 16.6. The molecule has 1 saturated heterocycles. The van der Waals surface area contributed by atoms with Crippen molar-refractivity contribution in [1.82, 2.24) is 4.90 Å². The molecule has 120 valence electrons. The van der Waals surface area contributed by atoms with Crippen LogP contribution in [0.3, 0.4) is 0 Å². The molecule has 2 atom stereocenters. The van der Waals surface area contributed by atoms with Crippen LogP contribution in [0.5, 0.6) is 11.5 Å². The van der Waals surface area contributed by atoms with Crippen LogP contribution in [-0.4, -0.2) is 46.5 Å². The number of rotatable bonds is 2. The molecule has 2 heterocycles. The molecule has 1 aromatic heterocycles. The van der Waals surface area contributed by atoms with Gasteiger partial charge in [0, 0.05) is 29.7 Å². The monoisotopic (exact) mass is 327 g/mol. The Bertz CT molecular complexity index is 745. The number of halogens is 1. The molecule has 0 spiro atoms. The number of aliphatic hydroxyl groups excluding tert-OH is 1. The second kappa shape index (κ2) is 6.16. The second-order valence-electron chi connectivity index (χ2n) is 5.44. The summed E-state index contributed by atoms with van der Waals surface area (Å²) in [7, 11) is 1.90. The molecule has 1 aliphatic rings. The van der Waals surface area contributed by atoms with Crippen molar-refractivity contribution < 1.29 is 19.7 Å². The normalized spacial score (nSPS) is 21.9. The van der Waals surface area contributed by atoms with Gasteiger partial charge in [0.15, 0.2) is 5.43 Å². The van der Waals surface area contributed by atoms with Gasteiger partial charge >= 0.3 is 0 Å². The molecule has 1 fully saturated rings. The molecule has 6 nitrogen and oxygen atoms in total. The van der Waals surface area contributed by atoms with Crippen molar-refractivity contribution in [2.75, 3.05) is 20.2 Å². The van der Waals surface area contributed by atoms with Gasteiger partial charge in [-0.25, -0.2) is 0 Å². The molecule has 2 unspecified atom stereocenters. The summed E-state index contributed by atoms with van der Waals surface area (Å²) >= 11 is 0. The summed E-state index contributed by atoms with van der Waals surface area (Å²) in [5, 5.41) is 29.8. The van der Waals surface area contributed by atoms with E-state index in [4.69, 9.17) is 4.42 Å². The van der Waals surface area contributed by atoms with Crippen LogP contribution in [0.4, 0.5) is 0 Å². The Morgan fingerprint density at radius 2 is 2.09 bits per heavy atom. The zero-order chi connectivity index (χ0) is 15.1. The molecule has 3 N–H and O–H groups in total. The highest BCUT2D eigenvalue weighted by Crippen LogP contribution is 2.43. The molecule has 7 heteroatoms. The van der Waals surface area contributed by atoms with Gasteiger partial charge in [0.25, 0.3) is 0 Å². The average Bonchev–Trinajstić information content (AvgIpc) is 2.79. The zero-order valence-electron chi connectivity index (χ0n) is 12.0. The molecule has 0 amide bonds. The number of benzene rings is 1. The number of phenols is 2. The van der Waals surface area contributed by atoms with Gasteiger partial charge in [-0.1, -0.05) is 0 Å². The lowest BCUT2D eigenvalue weighted by Gasteiger charge is -2.24. The first-order valence-corrected chi connectivity index (χ1v) is 6.82. The molecule has 0 aliphatic carbocycles. The van der Waals surface area contributed by atoms with Gasteiger partial charge in [0.2, 0.25) is 0 Å². The highest BCUT2D eigenvalue weighted by Gasteiger charge is 2.36. The predicted octanol–water partition coefficient (Wildman–Crippen LogP) is 1.41. The number of fused-ring (bicyclic) bond motifs is 1. The summed E-state index contributed by atoms with van der Waals surface area (Å²) in [4.78, 5) is 13.9. The maximum atomic E-state index is 11.9. The first-order chi connectivity index (χ1) is 10.0. The molecule has 0 bridgehead atoms. The summed E-state index contributed by atoms with van der Waals surface area (Å²) in [5.74, 6) is -0.575.